The third-order valence-corrected chi connectivity index (χ3v) is 3.70. The van der Waals surface area contributed by atoms with E-state index in [1.54, 1.807) is 18.3 Å². The molecule has 9 nitrogen and oxygen atoms in total. The Bertz CT molecular complexity index is 599. The molecule has 2 N–H and O–H groups in total. The Morgan fingerprint density at radius 1 is 1.25 bits per heavy atom. The fourth-order valence-corrected chi connectivity index (χ4v) is 2.45. The molecule has 1 aromatic heterocycles. The standard InChI is InChI=1S/C18H35N7O2.HI/c1-7-11-24(17(26)27-18(3,4)5)12-9-20-16(19-6)21-10-13-25-14-22-23-15(25)8-2;/h14H,7-13H2,1-6H3,(H2,19,20,21);1H. The third-order valence-electron chi connectivity index (χ3n) is 3.70. The molecule has 0 atom stereocenters. The van der Waals surface area contributed by atoms with Gasteiger partial charge in [0.2, 0.25) is 0 Å². The Labute approximate surface area is 185 Å². The zero-order valence-corrected chi connectivity index (χ0v) is 20.3. The maximum absolute atomic E-state index is 12.3. The Morgan fingerprint density at radius 3 is 2.50 bits per heavy atom. The molecule has 0 aromatic carbocycles. The zero-order valence-electron chi connectivity index (χ0n) is 18.0. The van der Waals surface area contributed by atoms with Crippen molar-refractivity contribution >= 4 is 36.0 Å². The van der Waals surface area contributed by atoms with E-state index in [1.807, 2.05) is 32.3 Å². The highest BCUT2D eigenvalue weighted by atomic mass is 127. The van der Waals surface area contributed by atoms with Gasteiger partial charge < -0.3 is 24.8 Å². The molecule has 1 rings (SSSR count). The van der Waals surface area contributed by atoms with Gasteiger partial charge in [-0.2, -0.15) is 0 Å². The summed E-state index contributed by atoms with van der Waals surface area (Å²) in [5, 5.41) is 14.5. The van der Waals surface area contributed by atoms with E-state index < -0.39 is 5.60 Å². The molecule has 0 aliphatic heterocycles. The smallest absolute Gasteiger partial charge is 0.410 e. The highest BCUT2D eigenvalue weighted by Crippen LogP contribution is 2.10. The van der Waals surface area contributed by atoms with Gasteiger partial charge in [-0.15, -0.1) is 34.2 Å². The van der Waals surface area contributed by atoms with Crippen LogP contribution in [-0.4, -0.2) is 70.5 Å². The molecule has 0 fully saturated rings. The van der Waals surface area contributed by atoms with E-state index in [0.717, 1.165) is 25.2 Å². The van der Waals surface area contributed by atoms with E-state index in [2.05, 4.69) is 32.7 Å². The van der Waals surface area contributed by atoms with Crippen LogP contribution in [0, 0.1) is 0 Å². The van der Waals surface area contributed by atoms with Gasteiger partial charge in [-0.05, 0) is 27.2 Å². The molecular formula is C18H36IN7O2. The van der Waals surface area contributed by atoms with E-state index in [-0.39, 0.29) is 30.1 Å². The first-order valence-corrected chi connectivity index (χ1v) is 9.59. The van der Waals surface area contributed by atoms with Gasteiger partial charge in [0.05, 0.1) is 0 Å². The summed E-state index contributed by atoms with van der Waals surface area (Å²) in [5.41, 5.74) is -0.492. The van der Waals surface area contributed by atoms with Gasteiger partial charge in [0, 0.05) is 46.2 Å². The van der Waals surface area contributed by atoms with E-state index in [9.17, 15) is 4.79 Å². The lowest BCUT2D eigenvalue weighted by Gasteiger charge is -2.27. The minimum atomic E-state index is -0.492. The van der Waals surface area contributed by atoms with Gasteiger partial charge >= 0.3 is 6.09 Å². The second-order valence-corrected chi connectivity index (χ2v) is 7.19. The molecule has 28 heavy (non-hydrogen) atoms. The van der Waals surface area contributed by atoms with Gasteiger partial charge in [0.15, 0.2) is 5.96 Å². The SMILES string of the molecule is CCCN(CCNC(=NC)NCCn1cnnc1CC)C(=O)OC(C)(C)C.I. The van der Waals surface area contributed by atoms with Crippen LogP contribution >= 0.6 is 24.0 Å². The lowest BCUT2D eigenvalue weighted by molar-refractivity contribution is 0.0253. The number of halogens is 1. The van der Waals surface area contributed by atoms with Crippen molar-refractivity contribution in [2.24, 2.45) is 4.99 Å². The number of nitrogens with one attached hydrogen (secondary N) is 2. The van der Waals surface area contributed by atoms with Crippen LogP contribution in [-0.2, 0) is 17.7 Å². The lowest BCUT2D eigenvalue weighted by atomic mass is 10.2. The topological polar surface area (TPSA) is 96.7 Å². The molecule has 0 aliphatic carbocycles. The number of guanidine groups is 1. The fourth-order valence-electron chi connectivity index (χ4n) is 2.45. The average molecular weight is 509 g/mol. The summed E-state index contributed by atoms with van der Waals surface area (Å²) < 4.78 is 7.48. The summed E-state index contributed by atoms with van der Waals surface area (Å²) in [7, 11) is 1.73. The predicted molar refractivity (Wildman–Crippen MR) is 122 cm³/mol. The molecule has 10 heteroatoms. The number of aryl methyl sites for hydroxylation is 1. The maximum atomic E-state index is 12.3. The van der Waals surface area contributed by atoms with Crippen LogP contribution in [0.4, 0.5) is 4.79 Å². The van der Waals surface area contributed by atoms with Gasteiger partial charge in [-0.25, -0.2) is 4.79 Å². The first-order chi connectivity index (χ1) is 12.8. The number of hydrogen-bond acceptors (Lipinski definition) is 5. The third kappa shape index (κ3) is 10.1. The summed E-state index contributed by atoms with van der Waals surface area (Å²) in [6.45, 7) is 13.0. The number of amides is 1. The summed E-state index contributed by atoms with van der Waals surface area (Å²) >= 11 is 0. The van der Waals surface area contributed by atoms with Crippen molar-refractivity contribution in [2.75, 3.05) is 33.2 Å². The molecule has 0 bridgehead atoms. The quantitative estimate of drug-likeness (QED) is 0.301. The zero-order chi connectivity index (χ0) is 20.3. The molecule has 0 radical (unpaired) electrons. The minimum Gasteiger partial charge on any atom is -0.444 e. The van der Waals surface area contributed by atoms with Crippen molar-refractivity contribution in [1.29, 1.82) is 0 Å². The number of carbonyl (C=O) groups is 1. The van der Waals surface area contributed by atoms with E-state index in [4.69, 9.17) is 4.74 Å². The van der Waals surface area contributed by atoms with Gasteiger partial charge in [0.1, 0.15) is 17.8 Å². The molecule has 162 valence electrons. The number of nitrogens with zero attached hydrogens (tertiary/aromatic N) is 5. The molecule has 0 aliphatic rings. The van der Waals surface area contributed by atoms with Crippen LogP contribution in [0.5, 0.6) is 0 Å². The molecule has 0 unspecified atom stereocenters. The highest BCUT2D eigenvalue weighted by molar-refractivity contribution is 14.0. The summed E-state index contributed by atoms with van der Waals surface area (Å²) in [5.74, 6) is 1.66. The molecule has 0 spiro atoms. The number of aliphatic imine (C=N–C) groups is 1. The van der Waals surface area contributed by atoms with Crippen LogP contribution in [0.15, 0.2) is 11.3 Å². The van der Waals surface area contributed by atoms with Crippen LogP contribution in [0.25, 0.3) is 0 Å². The molecule has 1 amide bonds. The number of aromatic nitrogens is 3. The number of hydrogen-bond donors (Lipinski definition) is 2. The minimum absolute atomic E-state index is 0. The first kappa shape index (κ1) is 26.4. The lowest BCUT2D eigenvalue weighted by Crippen LogP contribution is -2.45. The molecule has 0 saturated carbocycles. The van der Waals surface area contributed by atoms with E-state index >= 15 is 0 Å². The van der Waals surface area contributed by atoms with Crippen molar-refractivity contribution in [2.45, 2.75) is 59.6 Å². The van der Waals surface area contributed by atoms with Crippen LogP contribution < -0.4 is 10.6 Å². The number of rotatable bonds is 9. The summed E-state index contributed by atoms with van der Waals surface area (Å²) in [4.78, 5) is 18.2. The monoisotopic (exact) mass is 509 g/mol. The van der Waals surface area contributed by atoms with Crippen molar-refractivity contribution in [3.8, 4) is 0 Å². The van der Waals surface area contributed by atoms with Crippen molar-refractivity contribution in [3.63, 3.8) is 0 Å². The predicted octanol–water partition coefficient (Wildman–Crippen LogP) is 2.27. The van der Waals surface area contributed by atoms with Gasteiger partial charge in [-0.1, -0.05) is 13.8 Å². The molecule has 1 heterocycles. The first-order valence-electron chi connectivity index (χ1n) is 9.59. The van der Waals surface area contributed by atoms with E-state index in [0.29, 0.717) is 32.1 Å². The van der Waals surface area contributed by atoms with E-state index in [1.165, 1.54) is 0 Å². The Hall–Kier alpha value is -1.59. The second-order valence-electron chi connectivity index (χ2n) is 7.19. The second kappa shape index (κ2) is 13.6. The van der Waals surface area contributed by atoms with Gasteiger partial charge in [0.25, 0.3) is 0 Å². The molecular weight excluding hydrogens is 473 g/mol. The van der Waals surface area contributed by atoms with Crippen molar-refractivity contribution < 1.29 is 9.53 Å². The van der Waals surface area contributed by atoms with Gasteiger partial charge in [-0.3, -0.25) is 4.99 Å². The van der Waals surface area contributed by atoms with Crippen LogP contribution in [0.2, 0.25) is 0 Å². The normalized spacial score (nSPS) is 11.6. The average Bonchev–Trinajstić information content (AvgIpc) is 3.05. The number of ether oxygens (including phenoxy) is 1. The van der Waals surface area contributed by atoms with Crippen molar-refractivity contribution in [3.05, 3.63) is 12.2 Å². The Balaban J connectivity index is 0.00000729. The fraction of sp³-hybridized carbons (Fsp3) is 0.778. The molecule has 0 saturated heterocycles. The van der Waals surface area contributed by atoms with Crippen LogP contribution in [0.3, 0.4) is 0 Å². The maximum Gasteiger partial charge on any atom is 0.410 e. The Morgan fingerprint density at radius 2 is 1.93 bits per heavy atom. The van der Waals surface area contributed by atoms with Crippen molar-refractivity contribution in [1.82, 2.24) is 30.3 Å². The largest absolute Gasteiger partial charge is 0.444 e. The highest BCUT2D eigenvalue weighted by Gasteiger charge is 2.21. The summed E-state index contributed by atoms with van der Waals surface area (Å²) in [6.07, 6.45) is 3.18. The number of carbonyl (C=O) groups excluding carboxylic acids is 1. The molecule has 1 aromatic rings. The Kier molecular flexibility index (Phi) is 12.8. The van der Waals surface area contributed by atoms with Crippen LogP contribution in [0.1, 0.15) is 46.9 Å². The summed E-state index contributed by atoms with van der Waals surface area (Å²) in [6, 6.07) is 0.